The molecular weight excluding hydrogens is 280 g/mol. The summed E-state index contributed by atoms with van der Waals surface area (Å²) in [5, 5.41) is 3.41. The minimum absolute atomic E-state index is 0.0867. The number of hydrogen-bond donors (Lipinski definition) is 1. The molecule has 0 aromatic rings. The summed E-state index contributed by atoms with van der Waals surface area (Å²) in [5.74, 6) is -0.274. The third-order valence-corrected chi connectivity index (χ3v) is 4.99. The molecule has 5 heteroatoms. The van der Waals surface area contributed by atoms with E-state index in [1.165, 1.54) is 5.57 Å². The smallest absolute Gasteiger partial charge is 0.338 e. The molecule has 0 aromatic carbocycles. The van der Waals surface area contributed by atoms with Gasteiger partial charge >= 0.3 is 5.97 Å². The molecule has 3 aliphatic rings. The van der Waals surface area contributed by atoms with E-state index in [1.807, 2.05) is 6.92 Å². The number of fused-ring (bicyclic) bond motifs is 1. The summed E-state index contributed by atoms with van der Waals surface area (Å²) >= 11 is 0. The first kappa shape index (κ1) is 15.5. The minimum Gasteiger partial charge on any atom is -0.457 e. The molecule has 0 radical (unpaired) electrons. The van der Waals surface area contributed by atoms with Crippen LogP contribution in [-0.2, 0) is 14.3 Å². The lowest BCUT2D eigenvalue weighted by Gasteiger charge is -2.43. The van der Waals surface area contributed by atoms with E-state index in [9.17, 15) is 4.79 Å². The molecule has 5 nitrogen and oxygen atoms in total. The van der Waals surface area contributed by atoms with Gasteiger partial charge in [0.05, 0.1) is 18.3 Å². The summed E-state index contributed by atoms with van der Waals surface area (Å²) in [7, 11) is 0. The summed E-state index contributed by atoms with van der Waals surface area (Å²) in [6.45, 7) is 13.0. The van der Waals surface area contributed by atoms with Crippen molar-refractivity contribution in [3.05, 3.63) is 34.9 Å². The van der Waals surface area contributed by atoms with Gasteiger partial charge in [0.15, 0.2) is 0 Å². The van der Waals surface area contributed by atoms with Crippen molar-refractivity contribution in [2.24, 2.45) is 0 Å². The number of esters is 1. The number of piperazine rings is 1. The summed E-state index contributed by atoms with van der Waals surface area (Å²) in [4.78, 5) is 14.2. The number of ether oxygens (including phenoxy) is 2. The van der Waals surface area contributed by atoms with Crippen LogP contribution in [0.5, 0.6) is 0 Å². The van der Waals surface area contributed by atoms with Crippen LogP contribution >= 0.6 is 0 Å². The van der Waals surface area contributed by atoms with E-state index < -0.39 is 0 Å². The zero-order valence-corrected chi connectivity index (χ0v) is 13.4. The number of morpholine rings is 1. The predicted molar refractivity (Wildman–Crippen MR) is 84.5 cm³/mol. The molecule has 2 atom stereocenters. The standard InChI is InChI=1S/C17H24N2O3/c1-4-14-15(10-22-17(14)20)11(2)12(3)16-8-19-6-5-18-7-13(19)9-21-16/h4,13,16,18H,1,5-10H2,2-3H3/b12-11+/t13-,16+/m1/s1. The van der Waals surface area contributed by atoms with Crippen molar-refractivity contribution in [3.8, 4) is 0 Å². The topological polar surface area (TPSA) is 50.8 Å². The van der Waals surface area contributed by atoms with Crippen molar-refractivity contribution in [2.45, 2.75) is 26.0 Å². The summed E-state index contributed by atoms with van der Waals surface area (Å²) in [6, 6.07) is 0.484. The Bertz CT molecular complexity index is 550. The molecule has 0 unspecified atom stereocenters. The van der Waals surface area contributed by atoms with Crippen LogP contribution < -0.4 is 5.32 Å². The van der Waals surface area contributed by atoms with Gasteiger partial charge in [0.2, 0.25) is 0 Å². The van der Waals surface area contributed by atoms with Gasteiger partial charge in [-0.05, 0) is 25.0 Å². The van der Waals surface area contributed by atoms with Crippen molar-refractivity contribution in [3.63, 3.8) is 0 Å². The molecular formula is C17H24N2O3. The van der Waals surface area contributed by atoms with Crippen molar-refractivity contribution >= 4 is 5.97 Å². The van der Waals surface area contributed by atoms with Gasteiger partial charge in [-0.2, -0.15) is 0 Å². The molecule has 1 N–H and O–H groups in total. The van der Waals surface area contributed by atoms with Crippen LogP contribution in [0.3, 0.4) is 0 Å². The SMILES string of the molecule is C=CC1=C(/C(C)=C(\C)[C@@H]2CN3CCNC[C@@H]3CO2)COC1=O. The Morgan fingerprint density at radius 1 is 1.45 bits per heavy atom. The molecule has 22 heavy (non-hydrogen) atoms. The number of nitrogens with one attached hydrogen (secondary N) is 1. The van der Waals surface area contributed by atoms with Gasteiger partial charge in [0, 0.05) is 37.8 Å². The van der Waals surface area contributed by atoms with Crippen LogP contribution in [0.1, 0.15) is 13.8 Å². The first-order valence-corrected chi connectivity index (χ1v) is 7.88. The lowest BCUT2D eigenvalue weighted by molar-refractivity contribution is -0.135. The zero-order chi connectivity index (χ0) is 15.7. The van der Waals surface area contributed by atoms with Crippen LogP contribution in [0.25, 0.3) is 0 Å². The molecule has 3 aliphatic heterocycles. The Balaban J connectivity index is 1.80. The lowest BCUT2D eigenvalue weighted by atomic mass is 9.95. The van der Waals surface area contributed by atoms with Crippen LogP contribution in [0, 0.1) is 0 Å². The fraction of sp³-hybridized carbons (Fsp3) is 0.588. The maximum atomic E-state index is 11.7. The van der Waals surface area contributed by atoms with Gasteiger partial charge < -0.3 is 14.8 Å². The third-order valence-electron chi connectivity index (χ3n) is 4.99. The number of carbonyl (C=O) groups excluding carboxylic acids is 1. The number of cyclic esters (lactones) is 1. The molecule has 0 aliphatic carbocycles. The molecule has 2 fully saturated rings. The molecule has 0 aromatic heterocycles. The molecule has 0 spiro atoms. The van der Waals surface area contributed by atoms with E-state index in [1.54, 1.807) is 6.08 Å². The van der Waals surface area contributed by atoms with Crippen molar-refractivity contribution in [1.82, 2.24) is 10.2 Å². The third kappa shape index (κ3) is 2.76. The first-order valence-electron chi connectivity index (χ1n) is 7.88. The predicted octanol–water partition coefficient (Wildman–Crippen LogP) is 1.03. The van der Waals surface area contributed by atoms with E-state index in [4.69, 9.17) is 9.47 Å². The molecule has 2 saturated heterocycles. The number of hydrogen-bond acceptors (Lipinski definition) is 5. The van der Waals surface area contributed by atoms with E-state index in [-0.39, 0.29) is 12.1 Å². The first-order chi connectivity index (χ1) is 10.6. The highest BCUT2D eigenvalue weighted by atomic mass is 16.5. The summed E-state index contributed by atoms with van der Waals surface area (Å²) in [5.41, 5.74) is 3.82. The second-order valence-electron chi connectivity index (χ2n) is 6.16. The highest BCUT2D eigenvalue weighted by Crippen LogP contribution is 2.29. The lowest BCUT2D eigenvalue weighted by Crippen LogP contribution is -2.59. The maximum absolute atomic E-state index is 11.7. The average Bonchev–Trinajstić information content (AvgIpc) is 2.93. The molecule has 3 rings (SSSR count). The molecule has 120 valence electrons. The van der Waals surface area contributed by atoms with Crippen LogP contribution in [-0.4, -0.2) is 62.4 Å². The largest absolute Gasteiger partial charge is 0.457 e. The van der Waals surface area contributed by atoms with Crippen molar-refractivity contribution < 1.29 is 14.3 Å². The average molecular weight is 304 g/mol. The Kier molecular flexibility index (Phi) is 4.47. The van der Waals surface area contributed by atoms with Crippen LogP contribution in [0.2, 0.25) is 0 Å². The highest BCUT2D eigenvalue weighted by molar-refractivity contribution is 5.95. The second-order valence-corrected chi connectivity index (χ2v) is 6.16. The Morgan fingerprint density at radius 2 is 2.27 bits per heavy atom. The molecule has 0 bridgehead atoms. The molecule has 0 amide bonds. The van der Waals surface area contributed by atoms with Gasteiger partial charge in [-0.1, -0.05) is 12.7 Å². The minimum atomic E-state index is -0.274. The normalized spacial score (nSPS) is 30.7. The van der Waals surface area contributed by atoms with Crippen molar-refractivity contribution in [2.75, 3.05) is 39.4 Å². The van der Waals surface area contributed by atoms with Crippen molar-refractivity contribution in [1.29, 1.82) is 0 Å². The van der Waals surface area contributed by atoms with E-state index in [0.29, 0.717) is 18.2 Å². The van der Waals surface area contributed by atoms with Gasteiger partial charge in [-0.25, -0.2) is 4.79 Å². The van der Waals surface area contributed by atoms with Crippen LogP contribution in [0.4, 0.5) is 0 Å². The molecule has 3 heterocycles. The van der Waals surface area contributed by atoms with E-state index in [2.05, 4.69) is 23.7 Å². The zero-order valence-electron chi connectivity index (χ0n) is 13.4. The number of rotatable bonds is 3. The second kappa shape index (κ2) is 6.36. The fourth-order valence-electron chi connectivity index (χ4n) is 3.38. The van der Waals surface area contributed by atoms with Gasteiger partial charge in [0.1, 0.15) is 6.61 Å². The van der Waals surface area contributed by atoms with Gasteiger partial charge in [-0.15, -0.1) is 0 Å². The Morgan fingerprint density at radius 3 is 3.05 bits per heavy atom. The molecule has 0 saturated carbocycles. The fourth-order valence-corrected chi connectivity index (χ4v) is 3.38. The Labute approximate surface area is 131 Å². The van der Waals surface area contributed by atoms with Gasteiger partial charge in [-0.3, -0.25) is 4.90 Å². The summed E-state index contributed by atoms with van der Waals surface area (Å²) < 4.78 is 11.2. The number of carbonyl (C=O) groups is 1. The monoisotopic (exact) mass is 304 g/mol. The van der Waals surface area contributed by atoms with E-state index >= 15 is 0 Å². The Hall–Kier alpha value is -1.43. The summed E-state index contributed by atoms with van der Waals surface area (Å²) in [6.07, 6.45) is 1.68. The maximum Gasteiger partial charge on any atom is 0.338 e. The van der Waals surface area contributed by atoms with Crippen LogP contribution in [0.15, 0.2) is 34.9 Å². The van der Waals surface area contributed by atoms with Gasteiger partial charge in [0.25, 0.3) is 0 Å². The highest BCUT2D eigenvalue weighted by Gasteiger charge is 2.33. The van der Waals surface area contributed by atoms with E-state index in [0.717, 1.165) is 43.9 Å². The quantitative estimate of drug-likeness (QED) is 0.790. The number of nitrogens with zero attached hydrogens (tertiary/aromatic N) is 1.